The van der Waals surface area contributed by atoms with Crippen LogP contribution in [0.4, 0.5) is 14.9 Å². The highest BCUT2D eigenvalue weighted by Gasteiger charge is 2.18. The first-order chi connectivity index (χ1) is 12.1. The number of amides is 1. The van der Waals surface area contributed by atoms with Gasteiger partial charge in [-0.1, -0.05) is 24.3 Å². The van der Waals surface area contributed by atoms with Gasteiger partial charge >= 0.3 is 12.1 Å². The maximum atomic E-state index is 13.2. The number of halogens is 1. The van der Waals surface area contributed by atoms with E-state index in [1.165, 1.54) is 12.1 Å². The number of benzene rings is 2. The Morgan fingerprint density at radius 3 is 2.35 bits per heavy atom. The monoisotopic (exact) mass is 359 g/mol. The maximum Gasteiger partial charge on any atom is 0.412 e. The third-order valence-electron chi connectivity index (χ3n) is 3.50. The fourth-order valence-corrected chi connectivity index (χ4v) is 2.40. The van der Waals surface area contributed by atoms with Gasteiger partial charge in [0.2, 0.25) is 0 Å². The van der Waals surface area contributed by atoms with Crippen molar-refractivity contribution >= 4 is 17.7 Å². The zero-order valence-electron chi connectivity index (χ0n) is 15.0. The lowest BCUT2D eigenvalue weighted by molar-refractivity contribution is -0.136. The number of carboxylic acids is 1. The molecule has 0 radical (unpaired) electrons. The number of hydrogen-bond acceptors (Lipinski definition) is 3. The summed E-state index contributed by atoms with van der Waals surface area (Å²) in [6.45, 7) is 5.28. The topological polar surface area (TPSA) is 75.6 Å². The lowest BCUT2D eigenvalue weighted by atomic mass is 9.99. The van der Waals surface area contributed by atoms with E-state index < -0.39 is 17.7 Å². The molecule has 0 spiro atoms. The highest BCUT2D eigenvalue weighted by molar-refractivity contribution is 5.92. The van der Waals surface area contributed by atoms with Gasteiger partial charge < -0.3 is 9.84 Å². The smallest absolute Gasteiger partial charge is 0.412 e. The van der Waals surface area contributed by atoms with Crippen LogP contribution in [0.5, 0.6) is 0 Å². The average Bonchev–Trinajstić information content (AvgIpc) is 2.52. The van der Waals surface area contributed by atoms with Crippen LogP contribution in [0.2, 0.25) is 0 Å². The first-order valence-electron chi connectivity index (χ1n) is 8.25. The van der Waals surface area contributed by atoms with E-state index in [-0.39, 0.29) is 12.2 Å². The summed E-state index contributed by atoms with van der Waals surface area (Å²) >= 11 is 0. The molecule has 0 aliphatic heterocycles. The van der Waals surface area contributed by atoms with Gasteiger partial charge in [-0.25, -0.2) is 9.18 Å². The highest BCUT2D eigenvalue weighted by atomic mass is 19.1. The minimum Gasteiger partial charge on any atom is -0.481 e. The summed E-state index contributed by atoms with van der Waals surface area (Å²) in [6, 6.07) is 11.2. The molecule has 0 fully saturated rings. The summed E-state index contributed by atoms with van der Waals surface area (Å²) < 4.78 is 18.5. The third kappa shape index (κ3) is 5.88. The van der Waals surface area contributed by atoms with Gasteiger partial charge in [0.05, 0.1) is 5.69 Å². The molecule has 2 rings (SSSR count). The Morgan fingerprint density at radius 1 is 1.12 bits per heavy atom. The molecule has 2 N–H and O–H groups in total. The minimum atomic E-state index is -0.894. The third-order valence-corrected chi connectivity index (χ3v) is 3.50. The Kier molecular flexibility index (Phi) is 5.97. The van der Waals surface area contributed by atoms with Crippen molar-refractivity contribution in [2.24, 2.45) is 0 Å². The molecule has 138 valence electrons. The molecule has 0 heterocycles. The molecule has 0 saturated heterocycles. The zero-order chi connectivity index (χ0) is 19.3. The average molecular weight is 359 g/mol. The summed E-state index contributed by atoms with van der Waals surface area (Å²) in [5.41, 5.74) is 2.01. The summed E-state index contributed by atoms with van der Waals surface area (Å²) in [7, 11) is 0. The quantitative estimate of drug-likeness (QED) is 0.800. The van der Waals surface area contributed by atoms with Gasteiger partial charge in [0.1, 0.15) is 11.4 Å². The zero-order valence-corrected chi connectivity index (χ0v) is 15.0. The molecule has 0 atom stereocenters. The van der Waals surface area contributed by atoms with Crippen LogP contribution in [-0.4, -0.2) is 22.8 Å². The molecule has 2 aromatic carbocycles. The van der Waals surface area contributed by atoms with Crippen molar-refractivity contribution in [3.8, 4) is 11.1 Å². The van der Waals surface area contributed by atoms with E-state index in [9.17, 15) is 14.0 Å². The van der Waals surface area contributed by atoms with Gasteiger partial charge in [0, 0.05) is 12.0 Å². The number of carbonyl (C=O) groups is 2. The molecule has 0 bridgehead atoms. The van der Waals surface area contributed by atoms with Crippen LogP contribution in [0.1, 0.15) is 32.8 Å². The van der Waals surface area contributed by atoms with Crippen LogP contribution in [0.15, 0.2) is 42.5 Å². The van der Waals surface area contributed by atoms with E-state index in [0.717, 1.165) is 11.1 Å². The normalized spacial score (nSPS) is 11.1. The molecule has 0 aliphatic carbocycles. The molecular formula is C20H22FNO4. The first-order valence-corrected chi connectivity index (χ1v) is 8.25. The number of carboxylic acid groups (broad SMARTS) is 1. The van der Waals surface area contributed by atoms with Crippen molar-refractivity contribution < 1.29 is 23.8 Å². The number of carbonyl (C=O) groups excluding carboxylic acids is 1. The lowest BCUT2D eigenvalue weighted by Crippen LogP contribution is -2.27. The highest BCUT2D eigenvalue weighted by Crippen LogP contribution is 2.30. The van der Waals surface area contributed by atoms with Crippen molar-refractivity contribution in [2.45, 2.75) is 39.2 Å². The Bertz CT molecular complexity index is 794. The van der Waals surface area contributed by atoms with Crippen molar-refractivity contribution in [1.29, 1.82) is 0 Å². The number of ether oxygens (including phenoxy) is 1. The van der Waals surface area contributed by atoms with Gasteiger partial charge in [0.25, 0.3) is 0 Å². The molecule has 0 saturated carbocycles. The Labute approximate surface area is 151 Å². The second kappa shape index (κ2) is 7.99. The molecule has 26 heavy (non-hydrogen) atoms. The largest absolute Gasteiger partial charge is 0.481 e. The summed E-state index contributed by atoms with van der Waals surface area (Å²) in [6.07, 6.45) is -0.291. The van der Waals surface area contributed by atoms with Crippen molar-refractivity contribution in [3.63, 3.8) is 0 Å². The van der Waals surface area contributed by atoms with Crippen LogP contribution in [0.3, 0.4) is 0 Å². The van der Waals surface area contributed by atoms with E-state index >= 15 is 0 Å². The summed E-state index contributed by atoms with van der Waals surface area (Å²) in [5, 5.41) is 11.6. The van der Waals surface area contributed by atoms with Gasteiger partial charge in [-0.3, -0.25) is 10.1 Å². The van der Waals surface area contributed by atoms with Gasteiger partial charge in [-0.15, -0.1) is 0 Å². The van der Waals surface area contributed by atoms with Gasteiger partial charge in [0.15, 0.2) is 0 Å². The number of rotatable bonds is 5. The molecule has 0 unspecified atom stereocenters. The number of nitrogens with one attached hydrogen (secondary N) is 1. The molecule has 2 aromatic rings. The summed E-state index contributed by atoms with van der Waals surface area (Å²) in [4.78, 5) is 22.9. The Balaban J connectivity index is 2.34. The fourth-order valence-electron chi connectivity index (χ4n) is 2.40. The van der Waals surface area contributed by atoms with Crippen molar-refractivity contribution in [1.82, 2.24) is 0 Å². The van der Waals surface area contributed by atoms with Crippen LogP contribution >= 0.6 is 0 Å². The van der Waals surface area contributed by atoms with Crippen LogP contribution in [0, 0.1) is 5.82 Å². The van der Waals surface area contributed by atoms with Crippen LogP contribution < -0.4 is 5.32 Å². The number of anilines is 1. The van der Waals surface area contributed by atoms with Crippen LogP contribution in [0.25, 0.3) is 11.1 Å². The molecule has 5 nitrogen and oxygen atoms in total. The molecule has 1 amide bonds. The van der Waals surface area contributed by atoms with E-state index in [2.05, 4.69) is 5.32 Å². The second-order valence-corrected chi connectivity index (χ2v) is 6.91. The first kappa shape index (κ1) is 19.4. The molecule has 0 aliphatic rings. The predicted molar refractivity (Wildman–Crippen MR) is 97.6 cm³/mol. The number of hydrogen-bond donors (Lipinski definition) is 2. The summed E-state index contributed by atoms with van der Waals surface area (Å²) in [5.74, 6) is -1.25. The van der Waals surface area contributed by atoms with Crippen LogP contribution in [-0.2, 0) is 16.0 Å². The lowest BCUT2D eigenvalue weighted by Gasteiger charge is -2.21. The predicted octanol–water partition coefficient (Wildman–Crippen LogP) is 4.86. The van der Waals surface area contributed by atoms with E-state index in [1.54, 1.807) is 51.1 Å². The van der Waals surface area contributed by atoms with Gasteiger partial charge in [-0.2, -0.15) is 0 Å². The Hall–Kier alpha value is -2.89. The standard InChI is InChI=1S/C20H22FNO4/c1-20(2,3)26-19(25)22-17-12-13(5-11-18(23)24)4-10-16(17)14-6-8-15(21)9-7-14/h4,6-10,12H,5,11H2,1-3H3,(H,22,25)(H,23,24). The molecule has 0 aromatic heterocycles. The maximum absolute atomic E-state index is 13.2. The number of aryl methyl sites for hydroxylation is 1. The second-order valence-electron chi connectivity index (χ2n) is 6.91. The molecule has 6 heteroatoms. The fraction of sp³-hybridized carbons (Fsp3) is 0.300. The molecular weight excluding hydrogens is 337 g/mol. The number of aliphatic carboxylic acids is 1. The van der Waals surface area contributed by atoms with E-state index in [1.807, 2.05) is 0 Å². The van der Waals surface area contributed by atoms with Crippen molar-refractivity contribution in [2.75, 3.05) is 5.32 Å². The van der Waals surface area contributed by atoms with E-state index in [4.69, 9.17) is 9.84 Å². The SMILES string of the molecule is CC(C)(C)OC(=O)Nc1cc(CCC(=O)O)ccc1-c1ccc(F)cc1. The van der Waals surface area contributed by atoms with Gasteiger partial charge in [-0.05, 0) is 56.5 Å². The Morgan fingerprint density at radius 2 is 1.77 bits per heavy atom. The van der Waals surface area contributed by atoms with E-state index in [0.29, 0.717) is 17.7 Å². The minimum absolute atomic E-state index is 0.0121. The van der Waals surface area contributed by atoms with Crippen molar-refractivity contribution in [3.05, 3.63) is 53.8 Å².